The topological polar surface area (TPSA) is 67.4 Å². The highest BCUT2D eigenvalue weighted by molar-refractivity contribution is 6.39. The average Bonchev–Trinajstić information content (AvgIpc) is 2.62. The smallest absolute Gasteiger partial charge is 0.313 e. The Morgan fingerprint density at radius 2 is 1.40 bits per heavy atom. The van der Waals surface area contributed by atoms with E-state index in [1.54, 1.807) is 19.2 Å². The van der Waals surface area contributed by atoms with Crippen LogP contribution in [-0.4, -0.2) is 18.9 Å². The van der Waals surface area contributed by atoms with Gasteiger partial charge in [0, 0.05) is 5.69 Å². The number of carbonyl (C=O) groups excluding carboxylic acids is 2. The maximum atomic E-state index is 12.1. The van der Waals surface area contributed by atoms with Gasteiger partial charge in [-0.15, -0.1) is 0 Å². The average molecular weight is 340 g/mol. The number of carbonyl (C=O) groups is 2. The third-order valence-electron chi connectivity index (χ3n) is 4.00. The third-order valence-corrected chi connectivity index (χ3v) is 4.00. The van der Waals surface area contributed by atoms with Gasteiger partial charge in [0.1, 0.15) is 5.75 Å². The lowest BCUT2D eigenvalue weighted by atomic mass is 10.0. The molecule has 0 saturated carbocycles. The first kappa shape index (κ1) is 18.5. The van der Waals surface area contributed by atoms with Gasteiger partial charge in [-0.1, -0.05) is 38.1 Å². The Morgan fingerprint density at radius 3 is 1.92 bits per heavy atom. The number of anilines is 1. The molecule has 25 heavy (non-hydrogen) atoms. The fourth-order valence-electron chi connectivity index (χ4n) is 2.38. The molecule has 5 heteroatoms. The zero-order chi connectivity index (χ0) is 18.4. The summed E-state index contributed by atoms with van der Waals surface area (Å²) >= 11 is 0. The zero-order valence-corrected chi connectivity index (χ0v) is 15.0. The summed E-state index contributed by atoms with van der Waals surface area (Å²) in [6.07, 6.45) is 0. The molecule has 0 bridgehead atoms. The first-order valence-electron chi connectivity index (χ1n) is 8.26. The van der Waals surface area contributed by atoms with Crippen molar-refractivity contribution in [2.45, 2.75) is 32.7 Å². The van der Waals surface area contributed by atoms with Crippen molar-refractivity contribution in [1.29, 1.82) is 0 Å². The molecule has 0 spiro atoms. The van der Waals surface area contributed by atoms with Crippen molar-refractivity contribution in [1.82, 2.24) is 5.32 Å². The molecule has 2 amide bonds. The fraction of sp³-hybridized carbons (Fsp3) is 0.300. The van der Waals surface area contributed by atoms with Crippen LogP contribution in [0.25, 0.3) is 0 Å². The molecule has 2 N–H and O–H groups in total. The lowest BCUT2D eigenvalue weighted by Crippen LogP contribution is -2.36. The molecule has 0 saturated heterocycles. The lowest BCUT2D eigenvalue weighted by Gasteiger charge is -2.15. The van der Waals surface area contributed by atoms with Gasteiger partial charge in [0.05, 0.1) is 13.2 Å². The molecule has 132 valence electrons. The number of methoxy groups -OCH3 is 1. The Hall–Kier alpha value is -2.82. The standard InChI is InChI=1S/C20H24N2O3/c1-13(2)15-5-9-17(10-6-15)22-20(24)19(23)21-14(3)16-7-11-18(25-4)12-8-16/h5-14H,1-4H3,(H,21,23)(H,22,24). The largest absolute Gasteiger partial charge is 0.497 e. The van der Waals surface area contributed by atoms with Crippen LogP contribution >= 0.6 is 0 Å². The zero-order valence-electron chi connectivity index (χ0n) is 15.0. The first-order chi connectivity index (χ1) is 11.9. The van der Waals surface area contributed by atoms with Gasteiger partial charge in [-0.3, -0.25) is 9.59 Å². The maximum absolute atomic E-state index is 12.1. The second-order valence-corrected chi connectivity index (χ2v) is 6.20. The number of ether oxygens (including phenoxy) is 1. The third kappa shape index (κ3) is 5.08. The van der Waals surface area contributed by atoms with Gasteiger partial charge in [-0.25, -0.2) is 0 Å². The van der Waals surface area contributed by atoms with Crippen molar-refractivity contribution >= 4 is 17.5 Å². The number of amides is 2. The summed E-state index contributed by atoms with van der Waals surface area (Å²) in [4.78, 5) is 24.1. The van der Waals surface area contributed by atoms with Gasteiger partial charge in [-0.2, -0.15) is 0 Å². The molecule has 0 aliphatic rings. The Balaban J connectivity index is 1.93. The molecule has 0 fully saturated rings. The predicted octanol–water partition coefficient (Wildman–Crippen LogP) is 3.63. The van der Waals surface area contributed by atoms with Crippen LogP contribution < -0.4 is 15.4 Å². The highest BCUT2D eigenvalue weighted by Gasteiger charge is 2.17. The van der Waals surface area contributed by atoms with Crippen LogP contribution in [0.4, 0.5) is 5.69 Å². The van der Waals surface area contributed by atoms with E-state index in [1.165, 1.54) is 5.56 Å². The van der Waals surface area contributed by atoms with Crippen LogP contribution in [0, 0.1) is 0 Å². The van der Waals surface area contributed by atoms with Gasteiger partial charge in [-0.05, 0) is 48.2 Å². The monoisotopic (exact) mass is 340 g/mol. The summed E-state index contributed by atoms with van der Waals surface area (Å²) in [6, 6.07) is 14.5. The molecule has 2 rings (SSSR count). The second-order valence-electron chi connectivity index (χ2n) is 6.20. The quantitative estimate of drug-likeness (QED) is 0.817. The van der Waals surface area contributed by atoms with Crippen LogP contribution in [0.15, 0.2) is 48.5 Å². The molecule has 2 aromatic carbocycles. The number of hydrogen-bond acceptors (Lipinski definition) is 3. The summed E-state index contributed by atoms with van der Waals surface area (Å²) in [5.41, 5.74) is 2.67. The minimum atomic E-state index is -0.683. The van der Waals surface area contributed by atoms with E-state index in [2.05, 4.69) is 24.5 Å². The van der Waals surface area contributed by atoms with E-state index in [4.69, 9.17) is 4.74 Å². The van der Waals surface area contributed by atoms with E-state index in [0.717, 1.165) is 11.3 Å². The molecule has 1 unspecified atom stereocenters. The molecule has 0 radical (unpaired) electrons. The van der Waals surface area contributed by atoms with Crippen LogP contribution in [-0.2, 0) is 9.59 Å². The minimum Gasteiger partial charge on any atom is -0.497 e. The van der Waals surface area contributed by atoms with E-state index >= 15 is 0 Å². The van der Waals surface area contributed by atoms with Crippen molar-refractivity contribution < 1.29 is 14.3 Å². The second kappa shape index (κ2) is 8.33. The van der Waals surface area contributed by atoms with E-state index < -0.39 is 11.8 Å². The molecule has 0 aromatic heterocycles. The maximum Gasteiger partial charge on any atom is 0.313 e. The molecule has 0 aliphatic heterocycles. The van der Waals surface area contributed by atoms with Crippen LogP contribution in [0.3, 0.4) is 0 Å². The van der Waals surface area contributed by atoms with Gasteiger partial charge in [0.2, 0.25) is 0 Å². The number of benzene rings is 2. The highest BCUT2D eigenvalue weighted by atomic mass is 16.5. The van der Waals surface area contributed by atoms with Crippen molar-refractivity contribution in [2.75, 3.05) is 12.4 Å². The summed E-state index contributed by atoms with van der Waals surface area (Å²) in [7, 11) is 1.60. The van der Waals surface area contributed by atoms with E-state index in [9.17, 15) is 9.59 Å². The molecular weight excluding hydrogens is 316 g/mol. The van der Waals surface area contributed by atoms with E-state index in [-0.39, 0.29) is 6.04 Å². The van der Waals surface area contributed by atoms with Crippen molar-refractivity contribution in [3.05, 3.63) is 59.7 Å². The Morgan fingerprint density at radius 1 is 0.840 bits per heavy atom. The number of nitrogens with one attached hydrogen (secondary N) is 2. The molecule has 0 heterocycles. The van der Waals surface area contributed by atoms with Gasteiger partial charge in [0.25, 0.3) is 0 Å². The summed E-state index contributed by atoms with van der Waals surface area (Å²) < 4.78 is 5.11. The Bertz CT molecular complexity index is 722. The van der Waals surface area contributed by atoms with Crippen molar-refractivity contribution in [3.63, 3.8) is 0 Å². The first-order valence-corrected chi connectivity index (χ1v) is 8.26. The highest BCUT2D eigenvalue weighted by Crippen LogP contribution is 2.18. The molecular formula is C20H24N2O3. The minimum absolute atomic E-state index is 0.285. The molecule has 5 nitrogen and oxygen atoms in total. The van der Waals surface area contributed by atoms with Gasteiger partial charge in [0.15, 0.2) is 0 Å². The Kier molecular flexibility index (Phi) is 6.17. The fourth-order valence-corrected chi connectivity index (χ4v) is 2.38. The Labute approximate surface area is 148 Å². The normalized spacial score (nSPS) is 11.7. The van der Waals surface area contributed by atoms with Crippen LogP contribution in [0.1, 0.15) is 43.9 Å². The van der Waals surface area contributed by atoms with Crippen LogP contribution in [0.5, 0.6) is 5.75 Å². The SMILES string of the molecule is COc1ccc(C(C)NC(=O)C(=O)Nc2ccc(C(C)C)cc2)cc1. The summed E-state index contributed by atoms with van der Waals surface area (Å²) in [5.74, 6) is -0.197. The van der Waals surface area contributed by atoms with Crippen LogP contribution in [0.2, 0.25) is 0 Å². The lowest BCUT2D eigenvalue weighted by molar-refractivity contribution is -0.136. The summed E-state index contributed by atoms with van der Waals surface area (Å²) in [5, 5.41) is 5.30. The van der Waals surface area contributed by atoms with Gasteiger partial charge < -0.3 is 15.4 Å². The molecule has 1 atom stereocenters. The van der Waals surface area contributed by atoms with Gasteiger partial charge >= 0.3 is 11.8 Å². The predicted molar refractivity (Wildman–Crippen MR) is 98.7 cm³/mol. The van der Waals surface area contributed by atoms with Crippen molar-refractivity contribution in [3.8, 4) is 5.75 Å². The molecule has 0 aliphatic carbocycles. The van der Waals surface area contributed by atoms with E-state index in [1.807, 2.05) is 43.3 Å². The molecule has 2 aromatic rings. The summed E-state index contributed by atoms with van der Waals surface area (Å²) in [6.45, 7) is 6.02. The van der Waals surface area contributed by atoms with E-state index in [0.29, 0.717) is 11.6 Å². The van der Waals surface area contributed by atoms with Crippen molar-refractivity contribution in [2.24, 2.45) is 0 Å². The number of hydrogen-bond donors (Lipinski definition) is 2. The number of rotatable bonds is 5.